The average Bonchev–Trinajstić information content (AvgIpc) is 2.37. The predicted molar refractivity (Wildman–Crippen MR) is 69.2 cm³/mol. The minimum absolute atomic E-state index is 0.0123. The molecule has 0 unspecified atom stereocenters. The number of hydrogen-bond donors (Lipinski definition) is 2. The van der Waals surface area contributed by atoms with Crippen molar-refractivity contribution in [2.45, 2.75) is 19.9 Å². The summed E-state index contributed by atoms with van der Waals surface area (Å²) in [6.07, 6.45) is 0.780. The average molecular weight is 230 g/mol. The van der Waals surface area contributed by atoms with Crippen LogP contribution in [0.1, 0.15) is 18.9 Å². The van der Waals surface area contributed by atoms with Crippen LogP contribution in [-0.2, 0) is 11.3 Å². The highest BCUT2D eigenvalue weighted by Crippen LogP contribution is 1.96. The Morgan fingerprint density at radius 1 is 1.29 bits per heavy atom. The Labute approximate surface area is 103 Å². The second-order valence-corrected chi connectivity index (χ2v) is 3.62. The fourth-order valence-corrected chi connectivity index (χ4v) is 1.34. The molecule has 3 heteroatoms. The van der Waals surface area contributed by atoms with Gasteiger partial charge in [-0.15, -0.1) is 11.8 Å². The van der Waals surface area contributed by atoms with E-state index in [0.29, 0.717) is 13.1 Å². The van der Waals surface area contributed by atoms with E-state index in [9.17, 15) is 4.79 Å². The summed E-state index contributed by atoms with van der Waals surface area (Å²) in [5, 5.41) is 5.89. The van der Waals surface area contributed by atoms with Gasteiger partial charge in [-0.3, -0.25) is 4.79 Å². The predicted octanol–water partition coefficient (Wildman–Crippen LogP) is 1.31. The second-order valence-electron chi connectivity index (χ2n) is 3.62. The van der Waals surface area contributed by atoms with Gasteiger partial charge in [0.05, 0.1) is 6.54 Å². The van der Waals surface area contributed by atoms with Gasteiger partial charge in [-0.25, -0.2) is 0 Å². The molecular formula is C14H18N2O. The first-order valence-corrected chi connectivity index (χ1v) is 5.74. The molecule has 0 atom stereocenters. The lowest BCUT2D eigenvalue weighted by Gasteiger charge is -2.05. The molecule has 0 aliphatic rings. The van der Waals surface area contributed by atoms with Crippen molar-refractivity contribution in [3.8, 4) is 11.8 Å². The normalized spacial score (nSPS) is 9.24. The second kappa shape index (κ2) is 8.37. The first-order valence-electron chi connectivity index (χ1n) is 5.74. The summed E-state index contributed by atoms with van der Waals surface area (Å²) in [5.74, 6) is 5.76. The third-order valence-electron chi connectivity index (χ3n) is 2.22. The third kappa shape index (κ3) is 6.39. The molecule has 1 amide bonds. The van der Waals surface area contributed by atoms with Crippen molar-refractivity contribution >= 4 is 5.91 Å². The highest BCUT2D eigenvalue weighted by Gasteiger charge is 1.99. The van der Waals surface area contributed by atoms with Crippen LogP contribution >= 0.6 is 0 Å². The first kappa shape index (κ1) is 13.3. The zero-order chi connectivity index (χ0) is 12.3. The molecule has 2 N–H and O–H groups in total. The van der Waals surface area contributed by atoms with Gasteiger partial charge in [-0.1, -0.05) is 30.3 Å². The highest BCUT2D eigenvalue weighted by molar-refractivity contribution is 5.77. The van der Waals surface area contributed by atoms with Gasteiger partial charge >= 0.3 is 0 Å². The Balaban J connectivity index is 2.11. The zero-order valence-electron chi connectivity index (χ0n) is 10.1. The smallest absolute Gasteiger partial charge is 0.234 e. The zero-order valence-corrected chi connectivity index (χ0v) is 10.1. The summed E-state index contributed by atoms with van der Waals surface area (Å²) in [5.41, 5.74) is 1.11. The quantitative estimate of drug-likeness (QED) is 0.571. The number of carbonyl (C=O) groups excluding carboxylic acids is 1. The number of benzene rings is 1. The Hall–Kier alpha value is -1.79. The topological polar surface area (TPSA) is 41.1 Å². The van der Waals surface area contributed by atoms with Gasteiger partial charge in [-0.2, -0.15) is 0 Å². The van der Waals surface area contributed by atoms with Gasteiger partial charge in [0.25, 0.3) is 0 Å². The fourth-order valence-electron chi connectivity index (χ4n) is 1.34. The molecule has 3 nitrogen and oxygen atoms in total. The molecule has 0 aliphatic heterocycles. The lowest BCUT2D eigenvalue weighted by molar-refractivity contribution is -0.120. The Bertz CT molecular complexity index is 390. The largest absolute Gasteiger partial charge is 0.351 e. The van der Waals surface area contributed by atoms with Gasteiger partial charge in [0, 0.05) is 19.5 Å². The van der Waals surface area contributed by atoms with Gasteiger partial charge in [-0.05, 0) is 12.5 Å². The van der Waals surface area contributed by atoms with Crippen LogP contribution in [0, 0.1) is 11.8 Å². The third-order valence-corrected chi connectivity index (χ3v) is 2.22. The van der Waals surface area contributed by atoms with E-state index in [1.165, 1.54) is 0 Å². The lowest BCUT2D eigenvalue weighted by atomic mass is 10.2. The molecule has 0 saturated carbocycles. The van der Waals surface area contributed by atoms with E-state index in [2.05, 4.69) is 22.5 Å². The molecule has 0 saturated heterocycles. The Kier molecular flexibility index (Phi) is 6.54. The van der Waals surface area contributed by atoms with E-state index in [4.69, 9.17) is 0 Å². The Morgan fingerprint density at radius 2 is 2.06 bits per heavy atom. The first-order chi connectivity index (χ1) is 8.33. The highest BCUT2D eigenvalue weighted by atomic mass is 16.1. The maximum absolute atomic E-state index is 11.4. The van der Waals surface area contributed by atoms with Crippen molar-refractivity contribution in [1.29, 1.82) is 0 Å². The van der Waals surface area contributed by atoms with Crippen LogP contribution in [0.2, 0.25) is 0 Å². The molecule has 17 heavy (non-hydrogen) atoms. The standard InChI is InChI=1S/C14H18N2O/c1-2-3-7-10-15-12-14(17)16-11-13-8-5-4-6-9-13/h4-6,8-9,15H,7,10-12H2,1H3,(H,16,17). The molecule has 0 fully saturated rings. The van der Waals surface area contributed by atoms with Crippen molar-refractivity contribution in [1.82, 2.24) is 10.6 Å². The molecule has 1 aromatic rings. The van der Waals surface area contributed by atoms with Gasteiger partial charge < -0.3 is 10.6 Å². The SMILES string of the molecule is CC#CCCNCC(=O)NCc1ccccc1. The van der Waals surface area contributed by atoms with E-state index < -0.39 is 0 Å². The van der Waals surface area contributed by atoms with Crippen molar-refractivity contribution in [2.24, 2.45) is 0 Å². The molecule has 90 valence electrons. The van der Waals surface area contributed by atoms with Crippen molar-refractivity contribution in [3.63, 3.8) is 0 Å². The molecule has 0 heterocycles. The number of amides is 1. The van der Waals surface area contributed by atoms with Crippen molar-refractivity contribution < 1.29 is 4.79 Å². The minimum Gasteiger partial charge on any atom is -0.351 e. The molecular weight excluding hydrogens is 212 g/mol. The number of hydrogen-bond acceptors (Lipinski definition) is 2. The van der Waals surface area contributed by atoms with Crippen LogP contribution in [0.25, 0.3) is 0 Å². The van der Waals surface area contributed by atoms with Gasteiger partial charge in [0.15, 0.2) is 0 Å². The van der Waals surface area contributed by atoms with E-state index in [1.807, 2.05) is 37.3 Å². The molecule has 0 aromatic heterocycles. The maximum Gasteiger partial charge on any atom is 0.234 e. The summed E-state index contributed by atoms with van der Waals surface area (Å²) >= 11 is 0. The molecule has 0 radical (unpaired) electrons. The van der Waals surface area contributed by atoms with Crippen LogP contribution in [-0.4, -0.2) is 19.0 Å². The maximum atomic E-state index is 11.4. The van der Waals surface area contributed by atoms with E-state index in [0.717, 1.165) is 18.5 Å². The summed E-state index contributed by atoms with van der Waals surface area (Å²) < 4.78 is 0. The van der Waals surface area contributed by atoms with Gasteiger partial charge in [0.2, 0.25) is 5.91 Å². The van der Waals surface area contributed by atoms with Crippen LogP contribution in [0.15, 0.2) is 30.3 Å². The van der Waals surface area contributed by atoms with E-state index >= 15 is 0 Å². The fraction of sp³-hybridized carbons (Fsp3) is 0.357. The molecule has 1 aromatic carbocycles. The molecule has 0 bridgehead atoms. The Morgan fingerprint density at radius 3 is 2.76 bits per heavy atom. The number of nitrogens with one attached hydrogen (secondary N) is 2. The van der Waals surface area contributed by atoms with Crippen LogP contribution < -0.4 is 10.6 Å². The number of carbonyl (C=O) groups is 1. The van der Waals surface area contributed by atoms with E-state index in [1.54, 1.807) is 0 Å². The summed E-state index contributed by atoms with van der Waals surface area (Å²) in [4.78, 5) is 11.4. The van der Waals surface area contributed by atoms with Crippen molar-refractivity contribution in [2.75, 3.05) is 13.1 Å². The number of rotatable bonds is 6. The molecule has 0 spiro atoms. The monoisotopic (exact) mass is 230 g/mol. The van der Waals surface area contributed by atoms with E-state index in [-0.39, 0.29) is 5.91 Å². The van der Waals surface area contributed by atoms with Crippen molar-refractivity contribution in [3.05, 3.63) is 35.9 Å². The summed E-state index contributed by atoms with van der Waals surface area (Å²) in [6, 6.07) is 9.86. The van der Waals surface area contributed by atoms with Gasteiger partial charge in [0.1, 0.15) is 0 Å². The van der Waals surface area contributed by atoms with Crippen LogP contribution in [0.5, 0.6) is 0 Å². The molecule has 0 aliphatic carbocycles. The van der Waals surface area contributed by atoms with Crippen LogP contribution in [0.3, 0.4) is 0 Å². The lowest BCUT2D eigenvalue weighted by Crippen LogP contribution is -2.33. The summed E-state index contributed by atoms with van der Waals surface area (Å²) in [6.45, 7) is 3.49. The van der Waals surface area contributed by atoms with Crippen LogP contribution in [0.4, 0.5) is 0 Å². The molecule has 1 rings (SSSR count). The minimum atomic E-state index is 0.0123. The summed E-state index contributed by atoms with van der Waals surface area (Å²) in [7, 11) is 0.